The van der Waals surface area contributed by atoms with Gasteiger partial charge in [0.2, 0.25) is 5.90 Å². The number of amides is 1. The zero-order chi connectivity index (χ0) is 30.8. The molecular weight excluding hydrogens is 628 g/mol. The number of aliphatic hydroxyl groups excluding tert-OH is 1. The van der Waals surface area contributed by atoms with Crippen LogP contribution in [-0.4, -0.2) is 80.0 Å². The first-order valence-electron chi connectivity index (χ1n) is 14.6. The summed E-state index contributed by atoms with van der Waals surface area (Å²) in [6.45, 7) is 4.51. The van der Waals surface area contributed by atoms with Gasteiger partial charge in [-0.25, -0.2) is 4.99 Å². The van der Waals surface area contributed by atoms with Gasteiger partial charge in [-0.1, -0.05) is 63.5 Å². The van der Waals surface area contributed by atoms with E-state index in [0.29, 0.717) is 67.8 Å². The van der Waals surface area contributed by atoms with E-state index < -0.39 is 11.6 Å². The van der Waals surface area contributed by atoms with E-state index in [0.717, 1.165) is 23.1 Å². The average molecular weight is 664 g/mol. The van der Waals surface area contributed by atoms with Gasteiger partial charge in [-0.2, -0.15) is 0 Å². The number of hydrogen-bond acceptors (Lipinski definition) is 8. The predicted octanol–water partition coefficient (Wildman–Crippen LogP) is 5.10. The zero-order valence-corrected chi connectivity index (χ0v) is 25.9. The topological polar surface area (TPSA) is 141 Å². The molecule has 230 valence electrons. The van der Waals surface area contributed by atoms with Crippen LogP contribution in [0.2, 0.25) is 0 Å². The minimum atomic E-state index is -1.43. The molecule has 1 saturated heterocycles. The summed E-state index contributed by atoms with van der Waals surface area (Å²) in [4.78, 5) is 24.8. The quantitative estimate of drug-likeness (QED) is 0.113. The highest BCUT2D eigenvalue weighted by Crippen LogP contribution is 2.46. The van der Waals surface area contributed by atoms with Gasteiger partial charge in [0.1, 0.15) is 5.75 Å². The third kappa shape index (κ3) is 7.40. The van der Waals surface area contributed by atoms with E-state index in [2.05, 4.69) is 36.2 Å². The van der Waals surface area contributed by atoms with Gasteiger partial charge in [-0.05, 0) is 41.4 Å². The second-order valence-corrected chi connectivity index (χ2v) is 11.4. The maximum absolute atomic E-state index is 14.5. The van der Waals surface area contributed by atoms with Gasteiger partial charge in [0.05, 0.1) is 19.8 Å². The van der Waals surface area contributed by atoms with Crippen LogP contribution >= 0.6 is 15.9 Å². The lowest BCUT2D eigenvalue weighted by molar-refractivity contribution is -0.129. The Kier molecular flexibility index (Phi) is 10.9. The van der Waals surface area contributed by atoms with Crippen molar-refractivity contribution in [2.24, 2.45) is 10.1 Å². The first-order valence-corrected chi connectivity index (χ1v) is 15.4. The molecule has 0 aliphatic carbocycles. The van der Waals surface area contributed by atoms with E-state index >= 15 is 0 Å². The largest absolute Gasteiger partial charge is 0.494 e. The molecule has 0 saturated carbocycles. The molecule has 1 amide bonds. The summed E-state index contributed by atoms with van der Waals surface area (Å²) in [6.07, 6.45) is -0.142. The van der Waals surface area contributed by atoms with E-state index in [1.165, 1.54) is 0 Å². The van der Waals surface area contributed by atoms with Crippen molar-refractivity contribution >= 4 is 33.4 Å². The zero-order valence-electron chi connectivity index (χ0n) is 24.3. The molecule has 0 aromatic heterocycles. The summed E-state index contributed by atoms with van der Waals surface area (Å²) >= 11 is 3.66. The second kappa shape index (κ2) is 15.2. The summed E-state index contributed by atoms with van der Waals surface area (Å²) in [5.74, 6) is 0.649. The van der Waals surface area contributed by atoms with Gasteiger partial charge < -0.3 is 24.6 Å². The molecule has 2 atom stereocenters. The molecule has 2 aliphatic rings. The number of carbonyl (C=O) groups excluding carboxylic acids is 1. The highest BCUT2D eigenvalue weighted by molar-refractivity contribution is 9.10. The lowest BCUT2D eigenvalue weighted by Crippen LogP contribution is -2.51. The number of carbonyl (C=O) groups is 1. The molecule has 1 fully saturated rings. The highest BCUT2D eigenvalue weighted by Gasteiger charge is 2.54. The lowest BCUT2D eigenvalue weighted by atomic mass is 9.81. The van der Waals surface area contributed by atoms with Crippen LogP contribution in [0, 0.1) is 0 Å². The van der Waals surface area contributed by atoms with Crippen molar-refractivity contribution in [1.29, 1.82) is 0 Å². The lowest BCUT2D eigenvalue weighted by Gasteiger charge is -2.32. The van der Waals surface area contributed by atoms with Gasteiger partial charge in [0.25, 0.3) is 5.91 Å². The molecule has 44 heavy (non-hydrogen) atoms. The third-order valence-electron chi connectivity index (χ3n) is 7.64. The summed E-state index contributed by atoms with van der Waals surface area (Å²) in [6, 6.07) is 22.1. The number of aliphatic hydroxyl groups is 1. The predicted molar refractivity (Wildman–Crippen MR) is 170 cm³/mol. The minimum Gasteiger partial charge on any atom is -0.494 e. The highest BCUT2D eigenvalue weighted by atomic mass is 79.9. The van der Waals surface area contributed by atoms with Crippen molar-refractivity contribution in [1.82, 2.24) is 10.2 Å². The smallest absolute Gasteiger partial charge is 0.252 e. The van der Waals surface area contributed by atoms with Crippen molar-refractivity contribution in [2.75, 3.05) is 52.6 Å². The number of aliphatic imine (C=N–C) groups is 1. The Labute approximate surface area is 264 Å². The molecule has 11 nitrogen and oxygen atoms in total. The fourth-order valence-electron chi connectivity index (χ4n) is 5.35. The number of morpholine rings is 1. The number of benzene rings is 3. The van der Waals surface area contributed by atoms with E-state index in [1.807, 2.05) is 42.5 Å². The fourth-order valence-corrected chi connectivity index (χ4v) is 5.77. The summed E-state index contributed by atoms with van der Waals surface area (Å²) in [5.41, 5.74) is 10.4. The first kappa shape index (κ1) is 31.5. The van der Waals surface area contributed by atoms with E-state index in [9.17, 15) is 10.3 Å². The number of rotatable bonds is 13. The molecule has 0 unspecified atom stereocenters. The molecule has 3 aromatic rings. The number of nitrogens with one attached hydrogen (secondary N) is 1. The van der Waals surface area contributed by atoms with E-state index in [1.54, 1.807) is 30.3 Å². The minimum absolute atomic E-state index is 0.0512. The van der Waals surface area contributed by atoms with Crippen molar-refractivity contribution in [3.63, 3.8) is 0 Å². The van der Waals surface area contributed by atoms with Gasteiger partial charge >= 0.3 is 0 Å². The molecule has 0 bridgehead atoms. The number of hydrogen-bond donors (Lipinski definition) is 2. The molecule has 2 heterocycles. The molecular formula is C32H35BrN6O5. The Morgan fingerprint density at radius 2 is 1.89 bits per heavy atom. The van der Waals surface area contributed by atoms with Gasteiger partial charge in [0, 0.05) is 71.8 Å². The SMILES string of the molecule is [N-]=[N+]=Nc1ccccc1[C@H]1OC(c2ccc(OCCCO)cc2)=N[C@@]1(Cc1ccccc1Br)C(=O)NCCN1CCOCC1. The Bertz CT molecular complexity index is 1510. The van der Waals surface area contributed by atoms with Gasteiger partial charge in [-0.3, -0.25) is 9.69 Å². The molecule has 12 heteroatoms. The van der Waals surface area contributed by atoms with E-state index in [4.69, 9.17) is 24.3 Å². The number of halogens is 1. The molecule has 0 radical (unpaired) electrons. The van der Waals surface area contributed by atoms with Crippen molar-refractivity contribution < 1.29 is 24.1 Å². The van der Waals surface area contributed by atoms with Crippen LogP contribution in [-0.2, 0) is 20.7 Å². The Balaban J connectivity index is 1.55. The van der Waals surface area contributed by atoms with Crippen LogP contribution in [0.4, 0.5) is 5.69 Å². The second-order valence-electron chi connectivity index (χ2n) is 10.5. The number of nitrogens with zero attached hydrogens (tertiary/aromatic N) is 5. The van der Waals surface area contributed by atoms with Gasteiger partial charge in [-0.15, -0.1) is 0 Å². The summed E-state index contributed by atoms with van der Waals surface area (Å²) in [7, 11) is 0. The standard InChI is InChI=1S/C32H35BrN6O5/c33-27-8-3-1-6-24(27)22-32(31(41)35-14-15-39-16-20-42-21-17-39)29(26-7-2-4-9-28(26)37-38-34)44-30(36-32)23-10-12-25(13-11-23)43-19-5-18-40/h1-4,6-13,29,40H,5,14-22H2,(H,35,41)/t29-,32-/m1/s1. The Morgan fingerprint density at radius 3 is 2.64 bits per heavy atom. The van der Waals surface area contributed by atoms with Crippen LogP contribution in [0.3, 0.4) is 0 Å². The van der Waals surface area contributed by atoms with Gasteiger partial charge in [0.15, 0.2) is 11.6 Å². The molecule has 2 N–H and O–H groups in total. The molecule has 0 spiro atoms. The molecule has 2 aliphatic heterocycles. The number of ether oxygens (including phenoxy) is 3. The Morgan fingerprint density at radius 1 is 1.14 bits per heavy atom. The average Bonchev–Trinajstić information content (AvgIpc) is 3.44. The van der Waals surface area contributed by atoms with Crippen LogP contribution < -0.4 is 10.1 Å². The normalized spacial score (nSPS) is 19.9. The maximum Gasteiger partial charge on any atom is 0.252 e. The van der Waals surface area contributed by atoms with Crippen molar-refractivity contribution in [3.05, 3.63) is 104 Å². The monoisotopic (exact) mass is 662 g/mol. The Hall–Kier alpha value is -3.93. The first-order chi connectivity index (χ1) is 21.5. The van der Waals surface area contributed by atoms with Crippen molar-refractivity contribution in [2.45, 2.75) is 24.5 Å². The fraction of sp³-hybridized carbons (Fsp3) is 0.375. The maximum atomic E-state index is 14.5. The molecule has 5 rings (SSSR count). The summed E-state index contributed by atoms with van der Waals surface area (Å²) < 4.78 is 18.6. The molecule has 3 aromatic carbocycles. The van der Waals surface area contributed by atoms with Crippen LogP contribution in [0.5, 0.6) is 5.75 Å². The number of azide groups is 1. The van der Waals surface area contributed by atoms with Crippen molar-refractivity contribution in [3.8, 4) is 5.75 Å². The third-order valence-corrected chi connectivity index (χ3v) is 8.41. The van der Waals surface area contributed by atoms with E-state index in [-0.39, 0.29) is 18.9 Å². The summed E-state index contributed by atoms with van der Waals surface area (Å²) in [5, 5.41) is 16.1. The van der Waals surface area contributed by atoms with Crippen LogP contribution in [0.15, 0.2) is 87.4 Å². The van der Waals surface area contributed by atoms with Crippen LogP contribution in [0.25, 0.3) is 10.4 Å². The van der Waals surface area contributed by atoms with Crippen LogP contribution in [0.1, 0.15) is 29.2 Å².